The van der Waals surface area contributed by atoms with E-state index in [0.29, 0.717) is 0 Å². The molecule has 1 saturated carbocycles. The highest BCUT2D eigenvalue weighted by molar-refractivity contribution is 7.91. The van der Waals surface area contributed by atoms with Crippen LogP contribution in [0.5, 0.6) is 0 Å². The maximum absolute atomic E-state index is 12.7. The highest BCUT2D eigenvalue weighted by Gasteiger charge is 2.27. The third kappa shape index (κ3) is 4.98. The topological polar surface area (TPSA) is 34.1 Å². The summed E-state index contributed by atoms with van der Waals surface area (Å²) in [5.74, 6) is -0.133. The van der Waals surface area contributed by atoms with Gasteiger partial charge in [0.15, 0.2) is 9.84 Å². The predicted molar refractivity (Wildman–Crippen MR) is 92.7 cm³/mol. The molecule has 1 fully saturated rings. The minimum atomic E-state index is -3.57. The Kier molecular flexibility index (Phi) is 6.11. The lowest BCUT2D eigenvalue weighted by atomic mass is 10.0. The van der Waals surface area contributed by atoms with Crippen molar-refractivity contribution in [2.75, 3.05) is 5.73 Å². The van der Waals surface area contributed by atoms with E-state index in [1.54, 1.807) is 30.3 Å². The predicted octanol–water partition coefficient (Wildman–Crippen LogP) is 5.16. The maximum Gasteiger partial charge on any atom is 0.178 e. The Balaban J connectivity index is 2.05. The van der Waals surface area contributed by atoms with Gasteiger partial charge in [-0.1, -0.05) is 56.0 Å². The van der Waals surface area contributed by atoms with Crippen LogP contribution in [0, 0.1) is 5.92 Å². The second-order valence-corrected chi connectivity index (χ2v) is 7.95. The summed E-state index contributed by atoms with van der Waals surface area (Å²) in [6, 6.07) is 8.44. The normalized spacial score (nSPS) is 22.7. The number of hydrogen-bond donors (Lipinski definition) is 0. The molecule has 0 aromatic heterocycles. The van der Waals surface area contributed by atoms with Gasteiger partial charge in [0, 0.05) is 1.37 Å². The molecule has 0 spiro atoms. The van der Waals surface area contributed by atoms with Crippen molar-refractivity contribution in [2.24, 2.45) is 5.92 Å². The van der Waals surface area contributed by atoms with E-state index in [1.807, 2.05) is 0 Å². The zero-order valence-corrected chi connectivity index (χ0v) is 14.3. The molecule has 22 heavy (non-hydrogen) atoms. The molecule has 122 valence electrons. The van der Waals surface area contributed by atoms with Crippen LogP contribution in [0.15, 0.2) is 46.9 Å². The van der Waals surface area contributed by atoms with Gasteiger partial charge in [-0.3, -0.25) is 0 Å². The highest BCUT2D eigenvalue weighted by atomic mass is 32.2. The van der Waals surface area contributed by atoms with Gasteiger partial charge in [-0.05, 0) is 50.2 Å². The van der Waals surface area contributed by atoms with Crippen LogP contribution in [0.4, 0.5) is 0 Å². The summed E-state index contributed by atoms with van der Waals surface area (Å²) in [6.45, 7) is 2.20. The molecular formula is C19H28O2S. The highest BCUT2D eigenvalue weighted by Crippen LogP contribution is 2.34. The molecule has 2 rings (SSSR count). The SMILES string of the molecule is [2H][C@@H](C1CCC/C1=C\CCCCCC)S(=O)(=O)c1ccccc1. The first-order chi connectivity index (χ1) is 11.1. The summed E-state index contributed by atoms with van der Waals surface area (Å²) in [6.07, 6.45) is 10.9. The van der Waals surface area contributed by atoms with Crippen molar-refractivity contribution in [3.63, 3.8) is 0 Å². The van der Waals surface area contributed by atoms with Crippen LogP contribution in [0.3, 0.4) is 0 Å². The van der Waals surface area contributed by atoms with Crippen LogP contribution >= 0.6 is 0 Å². The molecule has 0 radical (unpaired) electrons. The van der Waals surface area contributed by atoms with Crippen LogP contribution in [0.25, 0.3) is 0 Å². The lowest BCUT2D eigenvalue weighted by molar-refractivity contribution is 0.579. The Labute approximate surface area is 137 Å². The zero-order valence-electron chi connectivity index (χ0n) is 14.5. The molecule has 1 aromatic carbocycles. The number of hydrogen-bond acceptors (Lipinski definition) is 2. The van der Waals surface area contributed by atoms with E-state index in [1.165, 1.54) is 24.8 Å². The quantitative estimate of drug-likeness (QED) is 0.490. The van der Waals surface area contributed by atoms with Crippen LogP contribution in [0.1, 0.15) is 59.7 Å². The standard InChI is InChI=1S/C19H28O2S/c1-2-3-4-5-7-11-17-12-10-13-18(17)16-22(20,21)19-14-8-6-9-15-19/h6,8-9,11,14-15,18H,2-5,7,10,12-13,16H2,1H3/b17-11+/i16D/t16-,18?/m0/s1. The number of rotatable bonds is 8. The molecular weight excluding hydrogens is 292 g/mol. The van der Waals surface area contributed by atoms with E-state index in [2.05, 4.69) is 13.0 Å². The molecule has 3 heteroatoms. The summed E-state index contributed by atoms with van der Waals surface area (Å²) in [5, 5.41) is 0. The Morgan fingerprint density at radius 1 is 1.23 bits per heavy atom. The summed E-state index contributed by atoms with van der Waals surface area (Å²) in [7, 11) is -3.57. The largest absolute Gasteiger partial charge is 0.224 e. The third-order valence-electron chi connectivity index (χ3n) is 4.34. The first kappa shape index (κ1) is 15.8. The Hall–Kier alpha value is -1.09. The third-order valence-corrected chi connectivity index (χ3v) is 5.95. The zero-order chi connectivity index (χ0) is 16.7. The number of unbranched alkanes of at least 4 members (excludes halogenated alkanes) is 4. The van der Waals surface area contributed by atoms with E-state index < -0.39 is 15.6 Å². The smallest absolute Gasteiger partial charge is 0.178 e. The van der Waals surface area contributed by atoms with Crippen molar-refractivity contribution >= 4 is 9.84 Å². The lowest BCUT2D eigenvalue weighted by Crippen LogP contribution is -2.15. The van der Waals surface area contributed by atoms with E-state index in [9.17, 15) is 8.42 Å². The maximum atomic E-state index is 12.7. The fourth-order valence-corrected chi connectivity index (χ4v) is 4.51. The fraction of sp³-hybridized carbons (Fsp3) is 0.579. The Bertz CT molecular complexity index is 608. The Morgan fingerprint density at radius 3 is 2.73 bits per heavy atom. The van der Waals surface area contributed by atoms with Crippen molar-refractivity contribution in [1.29, 1.82) is 0 Å². The molecule has 1 aliphatic rings. The molecule has 0 saturated heterocycles. The summed E-state index contributed by atoms with van der Waals surface area (Å²) in [5.41, 5.74) is 0.121. The minimum Gasteiger partial charge on any atom is -0.224 e. The second-order valence-electron chi connectivity index (χ2n) is 6.12. The number of sulfone groups is 1. The van der Waals surface area contributed by atoms with E-state index in [4.69, 9.17) is 1.37 Å². The number of benzene rings is 1. The molecule has 0 aliphatic heterocycles. The molecule has 2 atom stereocenters. The van der Waals surface area contributed by atoms with Crippen LogP contribution in [-0.2, 0) is 9.84 Å². The van der Waals surface area contributed by atoms with Gasteiger partial charge in [-0.2, -0.15) is 0 Å². The molecule has 1 aliphatic carbocycles. The lowest BCUT2D eigenvalue weighted by Gasteiger charge is -2.13. The summed E-state index contributed by atoms with van der Waals surface area (Å²) >= 11 is 0. The van der Waals surface area contributed by atoms with Gasteiger partial charge in [0.1, 0.15) is 0 Å². The molecule has 0 bridgehead atoms. The van der Waals surface area contributed by atoms with Crippen molar-refractivity contribution in [3.8, 4) is 0 Å². The van der Waals surface area contributed by atoms with Gasteiger partial charge in [0.25, 0.3) is 0 Å². The van der Waals surface area contributed by atoms with Crippen molar-refractivity contribution in [3.05, 3.63) is 42.0 Å². The monoisotopic (exact) mass is 321 g/mol. The summed E-state index contributed by atoms with van der Waals surface area (Å²) < 4.78 is 33.7. The fourth-order valence-electron chi connectivity index (χ4n) is 3.07. The van der Waals surface area contributed by atoms with Gasteiger partial charge >= 0.3 is 0 Å². The Morgan fingerprint density at radius 2 is 2.00 bits per heavy atom. The van der Waals surface area contributed by atoms with Crippen molar-refractivity contribution in [1.82, 2.24) is 0 Å². The molecule has 1 unspecified atom stereocenters. The van der Waals surface area contributed by atoms with Crippen molar-refractivity contribution in [2.45, 2.75) is 63.2 Å². The second kappa shape index (κ2) is 8.52. The molecule has 0 N–H and O–H groups in total. The van der Waals surface area contributed by atoms with Crippen LogP contribution < -0.4 is 0 Å². The number of allylic oxidation sites excluding steroid dienone is 2. The molecule has 0 heterocycles. The average molecular weight is 322 g/mol. The summed E-state index contributed by atoms with van der Waals surface area (Å²) in [4.78, 5) is 0.272. The van der Waals surface area contributed by atoms with Gasteiger partial charge in [-0.15, -0.1) is 0 Å². The van der Waals surface area contributed by atoms with E-state index >= 15 is 0 Å². The average Bonchev–Trinajstić information content (AvgIpc) is 3.03. The molecule has 0 amide bonds. The first-order valence-corrected chi connectivity index (χ1v) is 10.0. The van der Waals surface area contributed by atoms with Gasteiger partial charge in [-0.25, -0.2) is 8.42 Å². The molecule has 2 nitrogen and oxygen atoms in total. The van der Waals surface area contributed by atoms with E-state index in [0.717, 1.165) is 32.1 Å². The minimum absolute atomic E-state index is 0.133. The van der Waals surface area contributed by atoms with E-state index in [-0.39, 0.29) is 10.8 Å². The van der Waals surface area contributed by atoms with Gasteiger partial charge < -0.3 is 0 Å². The van der Waals surface area contributed by atoms with Crippen LogP contribution in [-0.4, -0.2) is 14.1 Å². The van der Waals surface area contributed by atoms with Gasteiger partial charge in [0.05, 0.1) is 10.6 Å². The molecule has 1 aromatic rings. The first-order valence-electron chi connectivity index (χ1n) is 9.05. The van der Waals surface area contributed by atoms with Crippen molar-refractivity contribution < 1.29 is 9.79 Å². The van der Waals surface area contributed by atoms with Crippen LogP contribution in [0.2, 0.25) is 0 Å². The van der Waals surface area contributed by atoms with Gasteiger partial charge in [0.2, 0.25) is 0 Å².